The molecule has 0 aromatic carbocycles. The zero-order valence-corrected chi connectivity index (χ0v) is 10.9. The van der Waals surface area contributed by atoms with Gasteiger partial charge in [-0.1, -0.05) is 0 Å². The standard InChI is InChI=1S/C12H21N5O/c1-17-11(15-9-16-17)5-8-14-12(18)10-3-2-6-13-7-4-10/h9-10,13H,2-8H2,1H3,(H,14,18)/t10-/m0/s1. The number of nitrogens with one attached hydrogen (secondary N) is 2. The molecule has 0 spiro atoms. The van der Waals surface area contributed by atoms with Crippen molar-refractivity contribution in [3.63, 3.8) is 0 Å². The first-order valence-corrected chi connectivity index (χ1v) is 6.58. The number of aromatic nitrogens is 3. The lowest BCUT2D eigenvalue weighted by atomic mass is 10.00. The van der Waals surface area contributed by atoms with E-state index in [9.17, 15) is 4.79 Å². The van der Waals surface area contributed by atoms with Crippen molar-refractivity contribution < 1.29 is 4.79 Å². The van der Waals surface area contributed by atoms with Gasteiger partial charge in [0, 0.05) is 25.9 Å². The maximum Gasteiger partial charge on any atom is 0.223 e. The van der Waals surface area contributed by atoms with Crippen molar-refractivity contribution in [2.75, 3.05) is 19.6 Å². The first-order chi connectivity index (χ1) is 8.77. The van der Waals surface area contributed by atoms with E-state index in [4.69, 9.17) is 0 Å². The second-order valence-corrected chi connectivity index (χ2v) is 4.72. The van der Waals surface area contributed by atoms with Gasteiger partial charge in [-0.05, 0) is 32.4 Å². The molecule has 0 saturated carbocycles. The molecule has 6 nitrogen and oxygen atoms in total. The van der Waals surface area contributed by atoms with E-state index in [1.165, 1.54) is 6.33 Å². The lowest BCUT2D eigenvalue weighted by molar-refractivity contribution is -0.125. The first kappa shape index (κ1) is 13.0. The second kappa shape index (κ2) is 6.49. The Bertz CT molecular complexity index is 382. The maximum absolute atomic E-state index is 12.0. The monoisotopic (exact) mass is 251 g/mol. The van der Waals surface area contributed by atoms with Gasteiger partial charge >= 0.3 is 0 Å². The molecule has 0 unspecified atom stereocenters. The predicted octanol–water partition coefficient (Wildman–Crippen LogP) is -0.136. The summed E-state index contributed by atoms with van der Waals surface area (Å²) in [5, 5.41) is 10.3. The Kier molecular flexibility index (Phi) is 4.69. The Labute approximate surface area is 107 Å². The molecule has 0 aliphatic carbocycles. The summed E-state index contributed by atoms with van der Waals surface area (Å²) in [6.45, 7) is 2.61. The Hall–Kier alpha value is -1.43. The van der Waals surface area contributed by atoms with Gasteiger partial charge < -0.3 is 10.6 Å². The summed E-state index contributed by atoms with van der Waals surface area (Å²) in [4.78, 5) is 16.1. The molecule has 2 rings (SSSR count). The van der Waals surface area contributed by atoms with Crippen LogP contribution in [-0.2, 0) is 18.3 Å². The van der Waals surface area contributed by atoms with E-state index < -0.39 is 0 Å². The van der Waals surface area contributed by atoms with Crippen LogP contribution in [0.5, 0.6) is 0 Å². The average Bonchev–Trinajstić information content (AvgIpc) is 2.64. The normalized spacial score (nSPS) is 20.4. The van der Waals surface area contributed by atoms with Crippen molar-refractivity contribution in [1.29, 1.82) is 0 Å². The highest BCUT2D eigenvalue weighted by atomic mass is 16.1. The van der Waals surface area contributed by atoms with Gasteiger partial charge in [0.1, 0.15) is 12.2 Å². The van der Waals surface area contributed by atoms with Crippen LogP contribution in [0.2, 0.25) is 0 Å². The number of nitrogens with zero attached hydrogens (tertiary/aromatic N) is 3. The van der Waals surface area contributed by atoms with Crippen molar-refractivity contribution in [2.45, 2.75) is 25.7 Å². The Balaban J connectivity index is 1.72. The van der Waals surface area contributed by atoms with Gasteiger partial charge in [0.15, 0.2) is 0 Å². The van der Waals surface area contributed by atoms with Crippen LogP contribution < -0.4 is 10.6 Å². The van der Waals surface area contributed by atoms with Crippen LogP contribution in [0.25, 0.3) is 0 Å². The van der Waals surface area contributed by atoms with E-state index in [1.807, 2.05) is 7.05 Å². The van der Waals surface area contributed by atoms with E-state index in [0.717, 1.165) is 44.6 Å². The summed E-state index contributed by atoms with van der Waals surface area (Å²) in [6, 6.07) is 0. The third kappa shape index (κ3) is 3.53. The van der Waals surface area contributed by atoms with Gasteiger partial charge in [0.05, 0.1) is 0 Å². The van der Waals surface area contributed by atoms with Crippen LogP contribution >= 0.6 is 0 Å². The highest BCUT2D eigenvalue weighted by molar-refractivity contribution is 5.78. The molecule has 2 N–H and O–H groups in total. The minimum Gasteiger partial charge on any atom is -0.355 e. The molecule has 1 atom stereocenters. The summed E-state index contributed by atoms with van der Waals surface area (Å²) in [5.41, 5.74) is 0. The molecular formula is C12H21N5O. The van der Waals surface area contributed by atoms with Crippen LogP contribution in [0, 0.1) is 5.92 Å². The molecule has 1 aliphatic heterocycles. The third-order valence-corrected chi connectivity index (χ3v) is 3.40. The van der Waals surface area contributed by atoms with E-state index in [0.29, 0.717) is 6.54 Å². The quantitative estimate of drug-likeness (QED) is 0.781. The molecule has 1 aromatic heterocycles. The minimum atomic E-state index is 0.166. The smallest absolute Gasteiger partial charge is 0.223 e. The van der Waals surface area contributed by atoms with Crippen molar-refractivity contribution in [3.8, 4) is 0 Å². The summed E-state index contributed by atoms with van der Waals surface area (Å²) in [6.07, 6.45) is 5.28. The van der Waals surface area contributed by atoms with Gasteiger partial charge in [-0.15, -0.1) is 0 Å². The molecule has 18 heavy (non-hydrogen) atoms. The van der Waals surface area contributed by atoms with Gasteiger partial charge in [-0.25, -0.2) is 4.98 Å². The third-order valence-electron chi connectivity index (χ3n) is 3.40. The van der Waals surface area contributed by atoms with E-state index in [2.05, 4.69) is 20.7 Å². The SMILES string of the molecule is Cn1ncnc1CCNC(=O)[C@H]1CCCNCC1. The highest BCUT2D eigenvalue weighted by Crippen LogP contribution is 2.13. The molecule has 1 amide bonds. The average molecular weight is 251 g/mol. The number of aryl methyl sites for hydroxylation is 1. The zero-order chi connectivity index (χ0) is 12.8. The molecular weight excluding hydrogens is 230 g/mol. The molecule has 1 fully saturated rings. The molecule has 0 bridgehead atoms. The van der Waals surface area contributed by atoms with Gasteiger partial charge in [-0.3, -0.25) is 9.48 Å². The van der Waals surface area contributed by atoms with Crippen LogP contribution in [0.15, 0.2) is 6.33 Å². The molecule has 1 aromatic rings. The molecule has 1 aliphatic rings. The number of hydrogen-bond acceptors (Lipinski definition) is 4. The lowest BCUT2D eigenvalue weighted by Gasteiger charge is -2.13. The molecule has 2 heterocycles. The van der Waals surface area contributed by atoms with Crippen molar-refractivity contribution in [1.82, 2.24) is 25.4 Å². The largest absolute Gasteiger partial charge is 0.355 e. The van der Waals surface area contributed by atoms with E-state index >= 15 is 0 Å². The number of carbonyl (C=O) groups excluding carboxylic acids is 1. The first-order valence-electron chi connectivity index (χ1n) is 6.58. The maximum atomic E-state index is 12.0. The summed E-state index contributed by atoms with van der Waals surface area (Å²) in [7, 11) is 1.86. The lowest BCUT2D eigenvalue weighted by Crippen LogP contribution is -2.33. The Morgan fingerprint density at radius 2 is 2.44 bits per heavy atom. The predicted molar refractivity (Wildman–Crippen MR) is 67.9 cm³/mol. The second-order valence-electron chi connectivity index (χ2n) is 4.72. The number of rotatable bonds is 4. The van der Waals surface area contributed by atoms with Gasteiger partial charge in [0.2, 0.25) is 5.91 Å². The number of carbonyl (C=O) groups is 1. The number of amides is 1. The summed E-state index contributed by atoms with van der Waals surface area (Å²) in [5.74, 6) is 1.25. The Morgan fingerprint density at radius 3 is 3.22 bits per heavy atom. The molecule has 100 valence electrons. The summed E-state index contributed by atoms with van der Waals surface area (Å²) >= 11 is 0. The van der Waals surface area contributed by atoms with Crippen LogP contribution in [-0.4, -0.2) is 40.3 Å². The zero-order valence-electron chi connectivity index (χ0n) is 10.9. The molecule has 6 heteroatoms. The number of hydrogen-bond donors (Lipinski definition) is 2. The Morgan fingerprint density at radius 1 is 1.56 bits per heavy atom. The van der Waals surface area contributed by atoms with Crippen LogP contribution in [0.3, 0.4) is 0 Å². The van der Waals surface area contributed by atoms with Gasteiger partial charge in [-0.2, -0.15) is 5.10 Å². The fourth-order valence-corrected chi connectivity index (χ4v) is 2.27. The highest BCUT2D eigenvalue weighted by Gasteiger charge is 2.19. The summed E-state index contributed by atoms with van der Waals surface area (Å²) < 4.78 is 1.74. The van der Waals surface area contributed by atoms with Crippen molar-refractivity contribution >= 4 is 5.91 Å². The van der Waals surface area contributed by atoms with Gasteiger partial charge in [0.25, 0.3) is 0 Å². The van der Waals surface area contributed by atoms with E-state index in [1.54, 1.807) is 4.68 Å². The minimum absolute atomic E-state index is 0.166. The van der Waals surface area contributed by atoms with Crippen molar-refractivity contribution in [2.24, 2.45) is 13.0 Å². The van der Waals surface area contributed by atoms with Crippen molar-refractivity contribution in [3.05, 3.63) is 12.2 Å². The fourth-order valence-electron chi connectivity index (χ4n) is 2.27. The topological polar surface area (TPSA) is 71.8 Å². The van der Waals surface area contributed by atoms with Crippen LogP contribution in [0.1, 0.15) is 25.1 Å². The fraction of sp³-hybridized carbons (Fsp3) is 0.750. The molecule has 1 saturated heterocycles. The van der Waals surface area contributed by atoms with Crippen LogP contribution in [0.4, 0.5) is 0 Å². The van der Waals surface area contributed by atoms with E-state index in [-0.39, 0.29) is 11.8 Å². The molecule has 0 radical (unpaired) electrons.